The normalized spacial score (nSPS) is 10.7. The number of aromatic amines is 1. The van der Waals surface area contributed by atoms with E-state index in [1.807, 2.05) is 24.3 Å². The lowest BCUT2D eigenvalue weighted by molar-refractivity contribution is 0.101. The first kappa shape index (κ1) is 12.3. The van der Waals surface area contributed by atoms with Crippen LogP contribution in [0.1, 0.15) is 41.8 Å². The van der Waals surface area contributed by atoms with Crippen LogP contribution in [0.3, 0.4) is 0 Å². The van der Waals surface area contributed by atoms with Gasteiger partial charge in [-0.25, -0.2) is 4.98 Å². The van der Waals surface area contributed by atoms with Gasteiger partial charge in [0.1, 0.15) is 5.82 Å². The number of para-hydroxylation sites is 1. The SMILES string of the molecule is Cc1nc(C(=O)Nc2ccccc2C(C)C)n[nH]1. The summed E-state index contributed by atoms with van der Waals surface area (Å²) in [6, 6.07) is 7.74. The van der Waals surface area contributed by atoms with Crippen LogP contribution in [0.2, 0.25) is 0 Å². The van der Waals surface area contributed by atoms with Crippen molar-refractivity contribution in [1.29, 1.82) is 0 Å². The van der Waals surface area contributed by atoms with E-state index in [0.29, 0.717) is 11.7 Å². The summed E-state index contributed by atoms with van der Waals surface area (Å²) in [5.41, 5.74) is 1.90. The lowest BCUT2D eigenvalue weighted by Gasteiger charge is -2.12. The van der Waals surface area contributed by atoms with Gasteiger partial charge in [0.2, 0.25) is 5.82 Å². The van der Waals surface area contributed by atoms with Crippen LogP contribution in [0.5, 0.6) is 0 Å². The molecular weight excluding hydrogens is 228 g/mol. The maximum atomic E-state index is 11.9. The number of hydrogen-bond donors (Lipinski definition) is 2. The summed E-state index contributed by atoms with van der Waals surface area (Å²) < 4.78 is 0. The van der Waals surface area contributed by atoms with Crippen LogP contribution in [0, 0.1) is 6.92 Å². The number of aromatic nitrogens is 3. The molecule has 1 aromatic carbocycles. The minimum atomic E-state index is -0.299. The van der Waals surface area contributed by atoms with Crippen molar-refractivity contribution in [2.75, 3.05) is 5.32 Å². The zero-order chi connectivity index (χ0) is 13.1. The number of hydrogen-bond acceptors (Lipinski definition) is 3. The van der Waals surface area contributed by atoms with Gasteiger partial charge >= 0.3 is 0 Å². The third-order valence-electron chi connectivity index (χ3n) is 2.63. The van der Waals surface area contributed by atoms with Crippen molar-refractivity contribution in [3.63, 3.8) is 0 Å². The van der Waals surface area contributed by atoms with Crippen LogP contribution in [-0.2, 0) is 0 Å². The molecule has 0 saturated heterocycles. The Hall–Kier alpha value is -2.17. The molecule has 94 valence electrons. The third-order valence-corrected chi connectivity index (χ3v) is 2.63. The number of anilines is 1. The Morgan fingerprint density at radius 3 is 2.67 bits per heavy atom. The number of H-pyrrole nitrogens is 1. The molecule has 1 heterocycles. The molecule has 1 aromatic heterocycles. The van der Waals surface area contributed by atoms with E-state index in [-0.39, 0.29) is 11.7 Å². The van der Waals surface area contributed by atoms with Crippen LogP contribution >= 0.6 is 0 Å². The van der Waals surface area contributed by atoms with Crippen LogP contribution in [0.15, 0.2) is 24.3 Å². The van der Waals surface area contributed by atoms with Crippen LogP contribution in [-0.4, -0.2) is 21.1 Å². The number of carbonyl (C=O) groups excluding carboxylic acids is 1. The van der Waals surface area contributed by atoms with Gasteiger partial charge in [0.15, 0.2) is 0 Å². The Kier molecular flexibility index (Phi) is 3.41. The van der Waals surface area contributed by atoms with Crippen molar-refractivity contribution in [3.8, 4) is 0 Å². The van der Waals surface area contributed by atoms with Crippen molar-refractivity contribution < 1.29 is 4.79 Å². The number of benzene rings is 1. The summed E-state index contributed by atoms with van der Waals surface area (Å²) in [5, 5.41) is 9.33. The van der Waals surface area contributed by atoms with E-state index < -0.39 is 0 Å². The highest BCUT2D eigenvalue weighted by molar-refractivity contribution is 6.01. The molecule has 5 heteroatoms. The molecule has 0 aliphatic rings. The molecule has 1 amide bonds. The Labute approximate surface area is 106 Å². The average Bonchev–Trinajstić information content (AvgIpc) is 2.76. The summed E-state index contributed by atoms with van der Waals surface area (Å²) in [5.74, 6) is 0.825. The zero-order valence-corrected chi connectivity index (χ0v) is 10.7. The summed E-state index contributed by atoms with van der Waals surface area (Å²) in [6.45, 7) is 5.93. The van der Waals surface area contributed by atoms with E-state index >= 15 is 0 Å². The highest BCUT2D eigenvalue weighted by atomic mass is 16.2. The fourth-order valence-corrected chi connectivity index (χ4v) is 1.74. The van der Waals surface area contributed by atoms with E-state index in [1.165, 1.54) is 0 Å². The van der Waals surface area contributed by atoms with Gasteiger partial charge in [-0.1, -0.05) is 32.0 Å². The predicted octanol–water partition coefficient (Wildman–Crippen LogP) is 2.49. The quantitative estimate of drug-likeness (QED) is 0.871. The number of nitrogens with one attached hydrogen (secondary N) is 2. The van der Waals surface area contributed by atoms with Crippen LogP contribution in [0.4, 0.5) is 5.69 Å². The van der Waals surface area contributed by atoms with E-state index in [4.69, 9.17) is 0 Å². The molecule has 0 spiro atoms. The van der Waals surface area contributed by atoms with Gasteiger partial charge in [0.05, 0.1) is 0 Å². The number of aryl methyl sites for hydroxylation is 1. The summed E-state index contributed by atoms with van der Waals surface area (Å²) in [4.78, 5) is 15.9. The van der Waals surface area contributed by atoms with E-state index in [9.17, 15) is 4.79 Å². The molecule has 0 bridgehead atoms. The summed E-state index contributed by atoms with van der Waals surface area (Å²) in [7, 11) is 0. The molecule has 0 saturated carbocycles. The number of amides is 1. The molecule has 5 nitrogen and oxygen atoms in total. The topological polar surface area (TPSA) is 70.7 Å². The number of rotatable bonds is 3. The standard InChI is InChI=1S/C13H16N4O/c1-8(2)10-6-4-5-7-11(10)15-13(18)12-14-9(3)16-17-12/h4-8H,1-3H3,(H,15,18)(H,14,16,17). The zero-order valence-electron chi connectivity index (χ0n) is 10.7. The molecular formula is C13H16N4O. The second kappa shape index (κ2) is 5.00. The average molecular weight is 244 g/mol. The van der Waals surface area contributed by atoms with Gasteiger partial charge in [-0.3, -0.25) is 9.89 Å². The number of nitrogens with zero attached hydrogens (tertiary/aromatic N) is 2. The Morgan fingerprint density at radius 1 is 1.33 bits per heavy atom. The van der Waals surface area contributed by atoms with Crippen LogP contribution in [0.25, 0.3) is 0 Å². The second-order valence-corrected chi connectivity index (χ2v) is 4.44. The van der Waals surface area contributed by atoms with Crippen molar-refractivity contribution in [3.05, 3.63) is 41.5 Å². The van der Waals surface area contributed by atoms with Crippen molar-refractivity contribution in [2.45, 2.75) is 26.7 Å². The molecule has 2 rings (SSSR count). The van der Waals surface area contributed by atoms with E-state index in [2.05, 4.69) is 34.3 Å². The molecule has 0 fully saturated rings. The van der Waals surface area contributed by atoms with Crippen molar-refractivity contribution in [2.24, 2.45) is 0 Å². The molecule has 0 aliphatic carbocycles. The van der Waals surface area contributed by atoms with Gasteiger partial charge in [0.25, 0.3) is 5.91 Å². The predicted molar refractivity (Wildman–Crippen MR) is 69.6 cm³/mol. The Balaban J connectivity index is 2.22. The fraction of sp³-hybridized carbons (Fsp3) is 0.308. The molecule has 0 radical (unpaired) electrons. The molecule has 2 aromatic rings. The smallest absolute Gasteiger partial charge is 0.295 e. The first-order chi connectivity index (χ1) is 8.58. The van der Waals surface area contributed by atoms with Gasteiger partial charge in [-0.15, -0.1) is 5.10 Å². The van der Waals surface area contributed by atoms with Gasteiger partial charge < -0.3 is 5.32 Å². The monoisotopic (exact) mass is 244 g/mol. The van der Waals surface area contributed by atoms with E-state index in [1.54, 1.807) is 6.92 Å². The minimum Gasteiger partial charge on any atom is -0.319 e. The van der Waals surface area contributed by atoms with Gasteiger partial charge in [0, 0.05) is 5.69 Å². The second-order valence-electron chi connectivity index (χ2n) is 4.44. The third kappa shape index (κ3) is 2.56. The number of carbonyl (C=O) groups is 1. The van der Waals surface area contributed by atoms with Crippen molar-refractivity contribution >= 4 is 11.6 Å². The van der Waals surface area contributed by atoms with Gasteiger partial charge in [-0.2, -0.15) is 0 Å². The molecule has 0 atom stereocenters. The van der Waals surface area contributed by atoms with Crippen molar-refractivity contribution in [1.82, 2.24) is 15.2 Å². The molecule has 2 N–H and O–H groups in total. The summed E-state index contributed by atoms with van der Waals surface area (Å²) >= 11 is 0. The lowest BCUT2D eigenvalue weighted by Crippen LogP contribution is -2.15. The largest absolute Gasteiger partial charge is 0.319 e. The highest BCUT2D eigenvalue weighted by Gasteiger charge is 2.14. The minimum absolute atomic E-state index is 0.158. The molecule has 18 heavy (non-hydrogen) atoms. The first-order valence-corrected chi connectivity index (χ1v) is 5.87. The van der Waals surface area contributed by atoms with E-state index in [0.717, 1.165) is 11.3 Å². The lowest BCUT2D eigenvalue weighted by atomic mass is 10.0. The van der Waals surface area contributed by atoms with Crippen LogP contribution < -0.4 is 5.32 Å². The highest BCUT2D eigenvalue weighted by Crippen LogP contribution is 2.23. The summed E-state index contributed by atoms with van der Waals surface area (Å²) in [6.07, 6.45) is 0. The van der Waals surface area contributed by atoms with Gasteiger partial charge in [-0.05, 0) is 24.5 Å². The fourth-order valence-electron chi connectivity index (χ4n) is 1.74. The first-order valence-electron chi connectivity index (χ1n) is 5.87. The Bertz CT molecular complexity index is 560. The maximum absolute atomic E-state index is 11.9. The molecule has 0 aliphatic heterocycles. The Morgan fingerprint density at radius 2 is 2.06 bits per heavy atom. The maximum Gasteiger partial charge on any atom is 0.295 e. The molecule has 0 unspecified atom stereocenters.